The average Bonchev–Trinajstić information content (AvgIpc) is 2.42. The Hall–Kier alpha value is -1.02. The summed E-state index contributed by atoms with van der Waals surface area (Å²) in [5.41, 5.74) is 1.96. The van der Waals surface area contributed by atoms with Crippen LogP contribution in [0.3, 0.4) is 0 Å². The number of benzene rings is 1. The summed E-state index contributed by atoms with van der Waals surface area (Å²) in [6.07, 6.45) is 8.22. The molecule has 0 heterocycles. The predicted molar refractivity (Wildman–Crippen MR) is 79.3 cm³/mol. The maximum atomic E-state index is 11.1. The third-order valence-electron chi connectivity index (χ3n) is 5.13. The summed E-state index contributed by atoms with van der Waals surface area (Å²) in [5.74, 6) is 0.512. The minimum absolute atomic E-state index is 0.231. The molecule has 2 fully saturated rings. The van der Waals surface area contributed by atoms with Crippen molar-refractivity contribution in [1.82, 2.24) is 0 Å². The summed E-state index contributed by atoms with van der Waals surface area (Å²) in [7, 11) is 0. The number of fused-ring (bicyclic) bond motifs is 1. The average molecular weight is 259 g/mol. The molecule has 0 aliphatic heterocycles. The molecule has 104 valence electrons. The molecule has 1 aromatic carbocycles. The van der Waals surface area contributed by atoms with Gasteiger partial charge in [0.25, 0.3) is 0 Å². The van der Waals surface area contributed by atoms with Crippen LogP contribution in [0.25, 0.3) is 0 Å². The second kappa shape index (κ2) is 5.16. The SMILES string of the molecule is Cc1ccc(N[C@@H]2CCC[C@H]3CCCC[C@@]32O)cc1. The molecule has 3 rings (SSSR count). The summed E-state index contributed by atoms with van der Waals surface area (Å²) in [6, 6.07) is 8.76. The van der Waals surface area contributed by atoms with E-state index >= 15 is 0 Å². The maximum absolute atomic E-state index is 11.1. The van der Waals surface area contributed by atoms with E-state index in [1.54, 1.807) is 0 Å². The van der Waals surface area contributed by atoms with Gasteiger partial charge in [-0.3, -0.25) is 0 Å². The normalized spacial score (nSPS) is 34.6. The second-order valence-corrected chi connectivity index (χ2v) is 6.43. The van der Waals surface area contributed by atoms with E-state index in [0.717, 1.165) is 18.5 Å². The Labute approximate surface area is 116 Å². The first-order valence-corrected chi connectivity index (χ1v) is 7.74. The molecular formula is C17H25NO. The van der Waals surface area contributed by atoms with Crippen molar-refractivity contribution in [2.75, 3.05) is 5.32 Å². The Bertz CT molecular complexity index is 425. The molecule has 2 saturated carbocycles. The molecule has 0 spiro atoms. The molecular weight excluding hydrogens is 234 g/mol. The van der Waals surface area contributed by atoms with Gasteiger partial charge in [0.2, 0.25) is 0 Å². The molecule has 2 aliphatic rings. The molecule has 2 heteroatoms. The van der Waals surface area contributed by atoms with E-state index in [4.69, 9.17) is 0 Å². The van der Waals surface area contributed by atoms with E-state index in [0.29, 0.717) is 5.92 Å². The first-order chi connectivity index (χ1) is 9.18. The van der Waals surface area contributed by atoms with E-state index in [9.17, 15) is 5.11 Å². The van der Waals surface area contributed by atoms with Crippen LogP contribution in [0.4, 0.5) is 5.69 Å². The molecule has 3 atom stereocenters. The van der Waals surface area contributed by atoms with Crippen LogP contribution in [-0.2, 0) is 0 Å². The Balaban J connectivity index is 1.77. The Morgan fingerprint density at radius 3 is 2.58 bits per heavy atom. The maximum Gasteiger partial charge on any atom is 0.0875 e. The van der Waals surface area contributed by atoms with E-state index < -0.39 is 5.60 Å². The lowest BCUT2D eigenvalue weighted by molar-refractivity contribution is -0.0835. The van der Waals surface area contributed by atoms with Crippen LogP contribution in [0.1, 0.15) is 50.5 Å². The van der Waals surface area contributed by atoms with Crippen LogP contribution in [0, 0.1) is 12.8 Å². The van der Waals surface area contributed by atoms with Crippen molar-refractivity contribution in [3.63, 3.8) is 0 Å². The van der Waals surface area contributed by atoms with Crippen LogP contribution in [0.5, 0.6) is 0 Å². The largest absolute Gasteiger partial charge is 0.387 e. The van der Waals surface area contributed by atoms with Crippen molar-refractivity contribution in [2.24, 2.45) is 5.92 Å². The third kappa shape index (κ3) is 2.51. The van der Waals surface area contributed by atoms with Crippen LogP contribution >= 0.6 is 0 Å². The lowest BCUT2D eigenvalue weighted by Gasteiger charge is -2.49. The zero-order valence-corrected chi connectivity index (χ0v) is 11.9. The summed E-state index contributed by atoms with van der Waals surface area (Å²) in [4.78, 5) is 0. The molecule has 0 amide bonds. The van der Waals surface area contributed by atoms with Gasteiger partial charge in [0, 0.05) is 5.69 Å². The molecule has 2 N–H and O–H groups in total. The van der Waals surface area contributed by atoms with Gasteiger partial charge in [-0.1, -0.05) is 37.0 Å². The highest BCUT2D eigenvalue weighted by Crippen LogP contribution is 2.44. The first-order valence-electron chi connectivity index (χ1n) is 7.74. The molecule has 2 aliphatic carbocycles. The number of aliphatic hydroxyl groups is 1. The van der Waals surface area contributed by atoms with Crippen molar-refractivity contribution in [2.45, 2.75) is 63.5 Å². The van der Waals surface area contributed by atoms with E-state index in [1.165, 1.54) is 37.7 Å². The van der Waals surface area contributed by atoms with Crippen molar-refractivity contribution >= 4 is 5.69 Å². The second-order valence-electron chi connectivity index (χ2n) is 6.43. The zero-order chi connectivity index (χ0) is 13.3. The van der Waals surface area contributed by atoms with Crippen LogP contribution in [0.15, 0.2) is 24.3 Å². The molecule has 0 unspecified atom stereocenters. The topological polar surface area (TPSA) is 32.3 Å². The van der Waals surface area contributed by atoms with Gasteiger partial charge in [-0.2, -0.15) is 0 Å². The number of hydrogen-bond acceptors (Lipinski definition) is 2. The van der Waals surface area contributed by atoms with Crippen LogP contribution < -0.4 is 5.32 Å². The van der Waals surface area contributed by atoms with Gasteiger partial charge < -0.3 is 10.4 Å². The number of anilines is 1. The summed E-state index contributed by atoms with van der Waals surface area (Å²) in [5, 5.41) is 14.7. The highest BCUT2D eigenvalue weighted by atomic mass is 16.3. The molecule has 0 bridgehead atoms. The fraction of sp³-hybridized carbons (Fsp3) is 0.647. The molecule has 0 saturated heterocycles. The lowest BCUT2D eigenvalue weighted by atomic mass is 9.65. The zero-order valence-electron chi connectivity index (χ0n) is 11.9. The monoisotopic (exact) mass is 259 g/mol. The van der Waals surface area contributed by atoms with Crippen molar-refractivity contribution in [3.8, 4) is 0 Å². The first kappa shape index (κ1) is 13.0. The summed E-state index contributed by atoms with van der Waals surface area (Å²) >= 11 is 0. The minimum atomic E-state index is -0.471. The number of nitrogens with one attached hydrogen (secondary N) is 1. The van der Waals surface area contributed by atoms with E-state index in [1.807, 2.05) is 0 Å². The fourth-order valence-electron chi connectivity index (χ4n) is 3.97. The van der Waals surface area contributed by atoms with Gasteiger partial charge in [0.15, 0.2) is 0 Å². The minimum Gasteiger partial charge on any atom is -0.387 e. The van der Waals surface area contributed by atoms with Gasteiger partial charge >= 0.3 is 0 Å². The smallest absolute Gasteiger partial charge is 0.0875 e. The molecule has 2 nitrogen and oxygen atoms in total. The summed E-state index contributed by atoms with van der Waals surface area (Å²) in [6.45, 7) is 2.11. The van der Waals surface area contributed by atoms with Gasteiger partial charge in [-0.15, -0.1) is 0 Å². The molecule has 1 aromatic rings. The number of aryl methyl sites for hydroxylation is 1. The standard InChI is InChI=1S/C17H25NO/c1-13-8-10-15(11-9-13)18-16-7-4-6-14-5-2-3-12-17(14,16)19/h8-11,14,16,18-19H,2-7,12H2,1H3/t14-,16-,17-/m1/s1. The van der Waals surface area contributed by atoms with E-state index in [2.05, 4.69) is 36.5 Å². The number of rotatable bonds is 2. The van der Waals surface area contributed by atoms with Gasteiger partial charge in [0.1, 0.15) is 0 Å². The Morgan fingerprint density at radius 2 is 1.79 bits per heavy atom. The Morgan fingerprint density at radius 1 is 1.05 bits per heavy atom. The van der Waals surface area contributed by atoms with E-state index in [-0.39, 0.29) is 6.04 Å². The van der Waals surface area contributed by atoms with Crippen molar-refractivity contribution in [3.05, 3.63) is 29.8 Å². The molecule has 19 heavy (non-hydrogen) atoms. The third-order valence-corrected chi connectivity index (χ3v) is 5.13. The Kier molecular flexibility index (Phi) is 3.53. The molecule has 0 aromatic heterocycles. The van der Waals surface area contributed by atoms with Crippen LogP contribution in [0.2, 0.25) is 0 Å². The van der Waals surface area contributed by atoms with Crippen molar-refractivity contribution < 1.29 is 5.11 Å². The highest BCUT2D eigenvalue weighted by Gasteiger charge is 2.47. The summed E-state index contributed by atoms with van der Waals surface area (Å²) < 4.78 is 0. The lowest BCUT2D eigenvalue weighted by Crippen LogP contribution is -2.56. The predicted octanol–water partition coefficient (Wildman–Crippen LogP) is 3.88. The van der Waals surface area contributed by atoms with Gasteiger partial charge in [-0.25, -0.2) is 0 Å². The van der Waals surface area contributed by atoms with Crippen molar-refractivity contribution in [1.29, 1.82) is 0 Å². The highest BCUT2D eigenvalue weighted by molar-refractivity contribution is 5.46. The molecule has 0 radical (unpaired) electrons. The van der Waals surface area contributed by atoms with Crippen LogP contribution in [-0.4, -0.2) is 16.7 Å². The fourth-order valence-corrected chi connectivity index (χ4v) is 3.97. The number of hydrogen-bond donors (Lipinski definition) is 2. The quantitative estimate of drug-likeness (QED) is 0.844. The van der Waals surface area contributed by atoms with Gasteiger partial charge in [0.05, 0.1) is 11.6 Å². The van der Waals surface area contributed by atoms with Gasteiger partial charge in [-0.05, 0) is 50.7 Å².